The van der Waals surface area contributed by atoms with Crippen LogP contribution in [0.4, 0.5) is 17.1 Å². The van der Waals surface area contributed by atoms with E-state index in [2.05, 4.69) is 16.0 Å². The highest BCUT2D eigenvalue weighted by Gasteiger charge is 2.36. The number of rotatable bonds is 5. The second kappa shape index (κ2) is 8.15. The molecule has 0 heterocycles. The third-order valence-corrected chi connectivity index (χ3v) is 3.85. The zero-order valence-corrected chi connectivity index (χ0v) is 15.3. The van der Waals surface area contributed by atoms with E-state index in [1.165, 1.54) is 20.8 Å². The van der Waals surface area contributed by atoms with Crippen molar-refractivity contribution in [2.45, 2.75) is 20.8 Å². The summed E-state index contributed by atoms with van der Waals surface area (Å²) in [5.74, 6) is -1.20. The normalized spacial score (nSPS) is 10.4. The van der Waals surface area contributed by atoms with Crippen molar-refractivity contribution in [2.75, 3.05) is 16.0 Å². The first kappa shape index (κ1) is 19.7. The molecule has 0 aliphatic rings. The van der Waals surface area contributed by atoms with Gasteiger partial charge >= 0.3 is 0 Å². The Morgan fingerprint density at radius 2 is 1.37 bits per heavy atom. The number of hydrogen-bond donors (Lipinski definition) is 3. The lowest BCUT2D eigenvalue weighted by atomic mass is 9.90. The van der Waals surface area contributed by atoms with Crippen LogP contribution in [0.1, 0.15) is 26.3 Å². The molecule has 2 aromatic carbocycles. The third-order valence-electron chi connectivity index (χ3n) is 3.85. The monoisotopic (exact) mass is 364 g/mol. The van der Waals surface area contributed by atoms with Gasteiger partial charge in [0.05, 0.1) is 11.6 Å². The van der Waals surface area contributed by atoms with Crippen LogP contribution in [0.3, 0.4) is 0 Å². The second-order valence-corrected chi connectivity index (χ2v) is 6.48. The number of amides is 3. The third kappa shape index (κ3) is 5.16. The first-order valence-electron chi connectivity index (χ1n) is 8.23. The Morgan fingerprint density at radius 3 is 1.89 bits per heavy atom. The maximum Gasteiger partial charge on any atom is 0.239 e. The highest BCUT2D eigenvalue weighted by molar-refractivity contribution is 6.14. The SMILES string of the molecule is CC(=O)Nc1cccc(NC(=O)C(C)(C)C(=O)Nc2ccc(C#N)cc2)c1. The minimum absolute atomic E-state index is 0.222. The van der Waals surface area contributed by atoms with Gasteiger partial charge in [0.25, 0.3) is 0 Å². The van der Waals surface area contributed by atoms with E-state index >= 15 is 0 Å². The number of nitriles is 1. The van der Waals surface area contributed by atoms with E-state index in [0.29, 0.717) is 22.6 Å². The van der Waals surface area contributed by atoms with Crippen molar-refractivity contribution in [1.29, 1.82) is 5.26 Å². The standard InChI is InChI=1S/C20H20N4O3/c1-13(25)22-16-5-4-6-17(11-16)24-19(27)20(2,3)18(26)23-15-9-7-14(12-21)8-10-15/h4-11H,1-3H3,(H,22,25)(H,23,26)(H,24,27). The molecular formula is C20H20N4O3. The number of nitrogens with one attached hydrogen (secondary N) is 3. The maximum absolute atomic E-state index is 12.6. The van der Waals surface area contributed by atoms with E-state index in [-0.39, 0.29) is 5.91 Å². The van der Waals surface area contributed by atoms with Crippen LogP contribution in [0.25, 0.3) is 0 Å². The first-order chi connectivity index (χ1) is 12.7. The molecule has 0 aliphatic heterocycles. The van der Waals surface area contributed by atoms with Crippen LogP contribution in [0.5, 0.6) is 0 Å². The van der Waals surface area contributed by atoms with Gasteiger partial charge < -0.3 is 16.0 Å². The van der Waals surface area contributed by atoms with Gasteiger partial charge in [0.1, 0.15) is 5.41 Å². The van der Waals surface area contributed by atoms with E-state index < -0.39 is 17.2 Å². The topological polar surface area (TPSA) is 111 Å². The molecule has 0 bridgehead atoms. The van der Waals surface area contributed by atoms with E-state index in [9.17, 15) is 14.4 Å². The molecular weight excluding hydrogens is 344 g/mol. The molecule has 7 nitrogen and oxygen atoms in total. The number of hydrogen-bond acceptors (Lipinski definition) is 4. The summed E-state index contributed by atoms with van der Waals surface area (Å²) in [5.41, 5.74) is 0.625. The average Bonchev–Trinajstić information content (AvgIpc) is 2.62. The molecule has 2 rings (SSSR count). The van der Waals surface area contributed by atoms with Gasteiger partial charge in [0.2, 0.25) is 17.7 Å². The molecule has 0 radical (unpaired) electrons. The first-order valence-corrected chi connectivity index (χ1v) is 8.23. The lowest BCUT2D eigenvalue weighted by molar-refractivity contribution is -0.135. The van der Waals surface area contributed by atoms with Crippen LogP contribution < -0.4 is 16.0 Å². The summed E-state index contributed by atoms with van der Waals surface area (Å²) in [7, 11) is 0. The molecule has 0 fully saturated rings. The Kier molecular flexibility index (Phi) is 5.93. The molecule has 0 aliphatic carbocycles. The van der Waals surface area contributed by atoms with E-state index in [1.54, 1.807) is 48.5 Å². The minimum atomic E-state index is -1.35. The summed E-state index contributed by atoms with van der Waals surface area (Å²) in [4.78, 5) is 36.3. The lowest BCUT2D eigenvalue weighted by Gasteiger charge is -2.23. The van der Waals surface area contributed by atoms with Crippen molar-refractivity contribution in [1.82, 2.24) is 0 Å². The molecule has 2 aromatic rings. The summed E-state index contributed by atoms with van der Waals surface area (Å²) in [5, 5.41) is 16.8. The number of benzene rings is 2. The number of carbonyl (C=O) groups excluding carboxylic acids is 3. The predicted octanol–water partition coefficient (Wildman–Crippen LogP) is 3.12. The summed E-state index contributed by atoms with van der Waals surface area (Å²) in [6, 6.07) is 15.0. The Balaban J connectivity index is 2.08. The summed E-state index contributed by atoms with van der Waals surface area (Å²) in [6.45, 7) is 4.42. The van der Waals surface area contributed by atoms with Crippen molar-refractivity contribution in [3.63, 3.8) is 0 Å². The van der Waals surface area contributed by atoms with Crippen LogP contribution in [-0.2, 0) is 14.4 Å². The Labute approximate surface area is 157 Å². The Bertz CT molecular complexity index is 912. The van der Waals surface area contributed by atoms with Gasteiger partial charge in [0.15, 0.2) is 0 Å². The van der Waals surface area contributed by atoms with Crippen molar-refractivity contribution < 1.29 is 14.4 Å². The van der Waals surface area contributed by atoms with Crippen molar-refractivity contribution in [3.05, 3.63) is 54.1 Å². The fraction of sp³-hybridized carbons (Fsp3) is 0.200. The van der Waals surface area contributed by atoms with Crippen molar-refractivity contribution in [2.24, 2.45) is 5.41 Å². The van der Waals surface area contributed by atoms with Gasteiger partial charge in [-0.1, -0.05) is 6.07 Å². The van der Waals surface area contributed by atoms with E-state index in [1.807, 2.05) is 6.07 Å². The molecule has 0 atom stereocenters. The smallest absolute Gasteiger partial charge is 0.239 e. The van der Waals surface area contributed by atoms with Gasteiger partial charge in [-0.3, -0.25) is 14.4 Å². The second-order valence-electron chi connectivity index (χ2n) is 6.48. The molecule has 0 saturated heterocycles. The predicted molar refractivity (Wildman–Crippen MR) is 103 cm³/mol. The molecule has 138 valence electrons. The van der Waals surface area contributed by atoms with Gasteiger partial charge in [-0.25, -0.2) is 0 Å². The molecule has 0 spiro atoms. The molecule has 3 amide bonds. The zero-order chi connectivity index (χ0) is 20.0. The van der Waals surface area contributed by atoms with Crippen LogP contribution in [0.2, 0.25) is 0 Å². The van der Waals surface area contributed by atoms with Crippen LogP contribution >= 0.6 is 0 Å². The van der Waals surface area contributed by atoms with E-state index in [0.717, 1.165) is 0 Å². The van der Waals surface area contributed by atoms with Gasteiger partial charge in [-0.15, -0.1) is 0 Å². The van der Waals surface area contributed by atoms with Crippen molar-refractivity contribution >= 4 is 34.8 Å². The largest absolute Gasteiger partial charge is 0.326 e. The zero-order valence-electron chi connectivity index (χ0n) is 15.3. The molecule has 3 N–H and O–H groups in total. The quantitative estimate of drug-likeness (QED) is 0.708. The van der Waals surface area contributed by atoms with Gasteiger partial charge in [-0.2, -0.15) is 5.26 Å². The fourth-order valence-corrected chi connectivity index (χ4v) is 2.18. The van der Waals surface area contributed by atoms with Crippen molar-refractivity contribution in [3.8, 4) is 6.07 Å². The summed E-state index contributed by atoms with van der Waals surface area (Å²) >= 11 is 0. The Morgan fingerprint density at radius 1 is 0.852 bits per heavy atom. The summed E-state index contributed by atoms with van der Waals surface area (Å²) in [6.07, 6.45) is 0. The maximum atomic E-state index is 12.6. The van der Waals surface area contributed by atoms with Gasteiger partial charge in [0, 0.05) is 24.0 Å². The minimum Gasteiger partial charge on any atom is -0.326 e. The summed E-state index contributed by atoms with van der Waals surface area (Å²) < 4.78 is 0. The van der Waals surface area contributed by atoms with Crippen LogP contribution in [0.15, 0.2) is 48.5 Å². The number of anilines is 3. The molecule has 0 saturated carbocycles. The molecule has 0 aromatic heterocycles. The molecule has 7 heteroatoms. The van der Waals surface area contributed by atoms with Crippen LogP contribution in [0, 0.1) is 16.7 Å². The van der Waals surface area contributed by atoms with E-state index in [4.69, 9.17) is 5.26 Å². The number of carbonyl (C=O) groups is 3. The Hall–Kier alpha value is -3.66. The molecule has 27 heavy (non-hydrogen) atoms. The highest BCUT2D eigenvalue weighted by Crippen LogP contribution is 2.23. The average molecular weight is 364 g/mol. The lowest BCUT2D eigenvalue weighted by Crippen LogP contribution is -2.41. The number of nitrogens with zero attached hydrogens (tertiary/aromatic N) is 1. The fourth-order valence-electron chi connectivity index (χ4n) is 2.18. The van der Waals surface area contributed by atoms with Gasteiger partial charge in [-0.05, 0) is 56.3 Å². The molecule has 0 unspecified atom stereocenters. The highest BCUT2D eigenvalue weighted by atomic mass is 16.2. The van der Waals surface area contributed by atoms with Crippen LogP contribution in [-0.4, -0.2) is 17.7 Å².